The quantitative estimate of drug-likeness (QED) is 0.857. The lowest BCUT2D eigenvalue weighted by atomic mass is 10.1. The SMILES string of the molecule is Cc1cc(C)c(C)c(OCCc2nc(C)c(C#N)s2)c1. The maximum atomic E-state index is 8.92. The van der Waals surface area contributed by atoms with E-state index in [1.165, 1.54) is 28.0 Å². The maximum Gasteiger partial charge on any atom is 0.127 e. The molecule has 4 heteroatoms. The number of aryl methyl sites for hydroxylation is 3. The molecule has 1 aromatic heterocycles. The summed E-state index contributed by atoms with van der Waals surface area (Å²) >= 11 is 1.45. The lowest BCUT2D eigenvalue weighted by Gasteiger charge is -2.11. The third-order valence-electron chi connectivity index (χ3n) is 3.28. The van der Waals surface area contributed by atoms with Crippen LogP contribution in [0.2, 0.25) is 0 Å². The molecule has 1 heterocycles. The molecule has 0 aliphatic carbocycles. The molecule has 0 saturated heterocycles. The van der Waals surface area contributed by atoms with Gasteiger partial charge in [0.15, 0.2) is 0 Å². The fourth-order valence-electron chi connectivity index (χ4n) is 2.06. The molecule has 0 spiro atoms. The Morgan fingerprint density at radius 3 is 2.65 bits per heavy atom. The molecule has 0 atom stereocenters. The Kier molecular flexibility index (Phi) is 4.41. The van der Waals surface area contributed by atoms with Crippen molar-refractivity contribution >= 4 is 11.3 Å². The second-order valence-corrected chi connectivity index (χ2v) is 6.02. The zero-order chi connectivity index (χ0) is 14.7. The first-order valence-corrected chi connectivity index (χ1v) is 7.40. The highest BCUT2D eigenvalue weighted by molar-refractivity contribution is 7.12. The summed E-state index contributed by atoms with van der Waals surface area (Å²) in [5.74, 6) is 0.941. The van der Waals surface area contributed by atoms with Gasteiger partial charge in [0.1, 0.15) is 16.7 Å². The number of thiazole rings is 1. The number of hydrogen-bond acceptors (Lipinski definition) is 4. The summed E-state index contributed by atoms with van der Waals surface area (Å²) in [6, 6.07) is 6.39. The summed E-state index contributed by atoms with van der Waals surface area (Å²) in [7, 11) is 0. The topological polar surface area (TPSA) is 45.9 Å². The number of ether oxygens (including phenoxy) is 1. The van der Waals surface area contributed by atoms with Gasteiger partial charge < -0.3 is 4.74 Å². The number of rotatable bonds is 4. The van der Waals surface area contributed by atoms with E-state index in [0.29, 0.717) is 11.5 Å². The van der Waals surface area contributed by atoms with Crippen molar-refractivity contribution in [1.82, 2.24) is 4.98 Å². The van der Waals surface area contributed by atoms with Gasteiger partial charge in [0.2, 0.25) is 0 Å². The van der Waals surface area contributed by atoms with Crippen LogP contribution in [0.3, 0.4) is 0 Å². The van der Waals surface area contributed by atoms with Crippen LogP contribution < -0.4 is 4.74 Å². The van der Waals surface area contributed by atoms with Crippen LogP contribution in [0.5, 0.6) is 5.75 Å². The van der Waals surface area contributed by atoms with Crippen LogP contribution in [-0.4, -0.2) is 11.6 Å². The minimum atomic E-state index is 0.585. The van der Waals surface area contributed by atoms with E-state index in [2.05, 4.69) is 44.0 Å². The van der Waals surface area contributed by atoms with Gasteiger partial charge in [-0.15, -0.1) is 11.3 Å². The molecule has 104 valence electrons. The van der Waals surface area contributed by atoms with E-state index >= 15 is 0 Å². The smallest absolute Gasteiger partial charge is 0.127 e. The van der Waals surface area contributed by atoms with Gasteiger partial charge in [-0.05, 0) is 50.5 Å². The number of hydrogen-bond donors (Lipinski definition) is 0. The van der Waals surface area contributed by atoms with Crippen LogP contribution >= 0.6 is 11.3 Å². The molecule has 0 aliphatic heterocycles. The zero-order valence-corrected chi connectivity index (χ0v) is 13.1. The van der Waals surface area contributed by atoms with Gasteiger partial charge in [0.25, 0.3) is 0 Å². The summed E-state index contributed by atoms with van der Waals surface area (Å²) in [6.45, 7) is 8.70. The number of nitrogens with zero attached hydrogens (tertiary/aromatic N) is 2. The fourth-order valence-corrected chi connectivity index (χ4v) is 2.90. The van der Waals surface area contributed by atoms with E-state index < -0.39 is 0 Å². The molecular weight excluding hydrogens is 268 g/mol. The van der Waals surface area contributed by atoms with Crippen molar-refractivity contribution in [3.05, 3.63) is 44.4 Å². The lowest BCUT2D eigenvalue weighted by Crippen LogP contribution is -2.03. The molecule has 0 aliphatic rings. The second-order valence-electron chi connectivity index (χ2n) is 4.94. The molecular formula is C16H18N2OS. The van der Waals surface area contributed by atoms with Gasteiger partial charge in [0, 0.05) is 6.42 Å². The Morgan fingerprint density at radius 2 is 2.00 bits per heavy atom. The number of nitriles is 1. The van der Waals surface area contributed by atoms with E-state index in [-0.39, 0.29) is 0 Å². The molecule has 2 aromatic rings. The highest BCUT2D eigenvalue weighted by Crippen LogP contribution is 2.24. The van der Waals surface area contributed by atoms with Gasteiger partial charge >= 0.3 is 0 Å². The van der Waals surface area contributed by atoms with Gasteiger partial charge in [-0.1, -0.05) is 6.07 Å². The third kappa shape index (κ3) is 3.17. The first-order chi connectivity index (χ1) is 9.51. The van der Waals surface area contributed by atoms with Crippen molar-refractivity contribution in [2.45, 2.75) is 34.1 Å². The minimum absolute atomic E-state index is 0.585. The second kappa shape index (κ2) is 6.06. The molecule has 0 bridgehead atoms. The summed E-state index contributed by atoms with van der Waals surface area (Å²) < 4.78 is 5.87. The normalized spacial score (nSPS) is 10.3. The first-order valence-electron chi connectivity index (χ1n) is 6.58. The van der Waals surface area contributed by atoms with Crippen LogP contribution in [0, 0.1) is 39.0 Å². The minimum Gasteiger partial charge on any atom is -0.493 e. The summed E-state index contributed by atoms with van der Waals surface area (Å²) in [5.41, 5.74) is 4.45. The predicted molar refractivity (Wildman–Crippen MR) is 81.4 cm³/mol. The summed E-state index contributed by atoms with van der Waals surface area (Å²) in [6.07, 6.45) is 0.736. The number of benzene rings is 1. The van der Waals surface area contributed by atoms with E-state index in [0.717, 1.165) is 22.9 Å². The van der Waals surface area contributed by atoms with Crippen LogP contribution in [-0.2, 0) is 6.42 Å². The Hall–Kier alpha value is -1.86. The van der Waals surface area contributed by atoms with Crippen molar-refractivity contribution in [2.75, 3.05) is 6.61 Å². The highest BCUT2D eigenvalue weighted by atomic mass is 32.1. The lowest BCUT2D eigenvalue weighted by molar-refractivity contribution is 0.319. The van der Waals surface area contributed by atoms with Gasteiger partial charge in [-0.2, -0.15) is 5.26 Å². The van der Waals surface area contributed by atoms with E-state index in [9.17, 15) is 0 Å². The van der Waals surface area contributed by atoms with Gasteiger partial charge in [0.05, 0.1) is 17.3 Å². The Bertz CT molecular complexity index is 668. The molecule has 0 fully saturated rings. The molecule has 0 saturated carbocycles. The summed E-state index contributed by atoms with van der Waals surface area (Å²) in [4.78, 5) is 5.08. The fraction of sp³-hybridized carbons (Fsp3) is 0.375. The van der Waals surface area contributed by atoms with Crippen LogP contribution in [0.1, 0.15) is 32.3 Å². The Balaban J connectivity index is 2.01. The standard InChI is InChI=1S/C16H18N2OS/c1-10-7-11(2)12(3)14(8-10)19-6-5-16-18-13(4)15(9-17)20-16/h7-8H,5-6H2,1-4H3. The molecule has 3 nitrogen and oxygen atoms in total. The van der Waals surface area contributed by atoms with Crippen LogP contribution in [0.25, 0.3) is 0 Å². The largest absolute Gasteiger partial charge is 0.493 e. The van der Waals surface area contributed by atoms with Crippen molar-refractivity contribution in [3.63, 3.8) is 0 Å². The summed E-state index contributed by atoms with van der Waals surface area (Å²) in [5, 5.41) is 9.88. The van der Waals surface area contributed by atoms with Crippen LogP contribution in [0.15, 0.2) is 12.1 Å². The third-order valence-corrected chi connectivity index (χ3v) is 4.40. The molecule has 0 amide bonds. The van der Waals surface area contributed by atoms with Crippen molar-refractivity contribution in [3.8, 4) is 11.8 Å². The Labute approximate surface area is 123 Å². The monoisotopic (exact) mass is 286 g/mol. The number of aromatic nitrogens is 1. The molecule has 0 unspecified atom stereocenters. The highest BCUT2D eigenvalue weighted by Gasteiger charge is 2.08. The van der Waals surface area contributed by atoms with Gasteiger partial charge in [-0.3, -0.25) is 0 Å². The molecule has 2 rings (SSSR count). The molecule has 0 radical (unpaired) electrons. The average Bonchev–Trinajstić information content (AvgIpc) is 2.75. The molecule has 0 N–H and O–H groups in total. The molecule has 1 aromatic carbocycles. The first kappa shape index (κ1) is 14.5. The predicted octanol–water partition coefficient (Wildman–Crippen LogP) is 3.87. The maximum absolute atomic E-state index is 8.92. The van der Waals surface area contributed by atoms with E-state index in [4.69, 9.17) is 10.00 Å². The Morgan fingerprint density at radius 1 is 1.25 bits per heavy atom. The van der Waals surface area contributed by atoms with E-state index in [1.54, 1.807) is 0 Å². The van der Waals surface area contributed by atoms with Crippen molar-refractivity contribution in [1.29, 1.82) is 5.26 Å². The van der Waals surface area contributed by atoms with Crippen molar-refractivity contribution < 1.29 is 4.74 Å². The zero-order valence-electron chi connectivity index (χ0n) is 12.3. The van der Waals surface area contributed by atoms with Crippen LogP contribution in [0.4, 0.5) is 0 Å². The average molecular weight is 286 g/mol. The van der Waals surface area contributed by atoms with E-state index in [1.807, 2.05) is 6.92 Å². The molecule has 20 heavy (non-hydrogen) atoms. The van der Waals surface area contributed by atoms with Gasteiger partial charge in [-0.25, -0.2) is 4.98 Å². The van der Waals surface area contributed by atoms with Crippen molar-refractivity contribution in [2.24, 2.45) is 0 Å².